The van der Waals surface area contributed by atoms with Gasteiger partial charge in [0.2, 0.25) is 5.91 Å². The quantitative estimate of drug-likeness (QED) is 0.707. The topological polar surface area (TPSA) is 95.6 Å². The second-order valence-corrected chi connectivity index (χ2v) is 9.22. The Bertz CT molecular complexity index is 1030. The van der Waals surface area contributed by atoms with Crippen LogP contribution in [0.2, 0.25) is 0 Å². The first-order chi connectivity index (χ1) is 14.3. The van der Waals surface area contributed by atoms with Gasteiger partial charge in [-0.3, -0.25) is 14.3 Å². The summed E-state index contributed by atoms with van der Waals surface area (Å²) in [6.07, 6.45) is 2.28. The van der Waals surface area contributed by atoms with Gasteiger partial charge in [0.15, 0.2) is 0 Å². The van der Waals surface area contributed by atoms with E-state index in [0.29, 0.717) is 11.3 Å². The summed E-state index contributed by atoms with van der Waals surface area (Å²) in [5, 5.41) is 2.73. The number of anilines is 1. The van der Waals surface area contributed by atoms with Crippen LogP contribution in [-0.2, 0) is 14.8 Å². The maximum atomic E-state index is 12.7. The van der Waals surface area contributed by atoms with Crippen LogP contribution in [-0.4, -0.2) is 44.8 Å². The van der Waals surface area contributed by atoms with Gasteiger partial charge in [0.05, 0.1) is 4.90 Å². The summed E-state index contributed by atoms with van der Waals surface area (Å²) in [4.78, 5) is 26.5. The predicted octanol–water partition coefficient (Wildman–Crippen LogP) is 2.85. The molecule has 2 aromatic rings. The number of hydrogen-bond acceptors (Lipinski definition) is 4. The standard InChI is InChI=1S/C22H27N3O4S/c1-16-5-8-18(9-6-16)24-30(28,29)19-10-7-17(2)20(15-19)22(27)23-12-11-21(26)25-13-3-4-14-25/h5-10,15,24H,3-4,11-14H2,1-2H3,(H,23,27). The number of amides is 2. The average molecular weight is 430 g/mol. The number of likely N-dealkylation sites (tertiary alicyclic amines) is 1. The Labute approximate surface area is 177 Å². The van der Waals surface area contributed by atoms with Gasteiger partial charge in [0, 0.05) is 37.3 Å². The number of sulfonamides is 1. The van der Waals surface area contributed by atoms with Gasteiger partial charge in [0.25, 0.3) is 15.9 Å². The first-order valence-electron chi connectivity index (χ1n) is 10.0. The summed E-state index contributed by atoms with van der Waals surface area (Å²) < 4.78 is 28.0. The van der Waals surface area contributed by atoms with Gasteiger partial charge in [-0.1, -0.05) is 23.8 Å². The molecule has 0 atom stereocenters. The molecule has 2 amide bonds. The molecule has 1 fully saturated rings. The third-order valence-corrected chi connectivity index (χ3v) is 6.53. The normalized spacial score (nSPS) is 13.9. The van der Waals surface area contributed by atoms with Gasteiger partial charge in [-0.05, 0) is 56.5 Å². The Kier molecular flexibility index (Phi) is 6.77. The average Bonchev–Trinajstić information content (AvgIpc) is 3.24. The molecule has 3 rings (SSSR count). The number of nitrogens with one attached hydrogen (secondary N) is 2. The van der Waals surface area contributed by atoms with Gasteiger partial charge < -0.3 is 10.2 Å². The van der Waals surface area contributed by atoms with Crippen molar-refractivity contribution < 1.29 is 18.0 Å². The van der Waals surface area contributed by atoms with E-state index in [0.717, 1.165) is 31.5 Å². The molecular formula is C22H27N3O4S. The Hall–Kier alpha value is -2.87. The maximum absolute atomic E-state index is 12.7. The largest absolute Gasteiger partial charge is 0.352 e. The van der Waals surface area contributed by atoms with Crippen LogP contribution < -0.4 is 10.0 Å². The van der Waals surface area contributed by atoms with Crippen LogP contribution in [0.15, 0.2) is 47.4 Å². The van der Waals surface area contributed by atoms with Crippen molar-refractivity contribution in [1.29, 1.82) is 0 Å². The van der Waals surface area contributed by atoms with Crippen molar-refractivity contribution in [2.75, 3.05) is 24.4 Å². The van der Waals surface area contributed by atoms with Crippen molar-refractivity contribution in [3.8, 4) is 0 Å². The van der Waals surface area contributed by atoms with Crippen molar-refractivity contribution >= 4 is 27.5 Å². The minimum atomic E-state index is -3.83. The Morgan fingerprint density at radius 1 is 1.00 bits per heavy atom. The van der Waals surface area contributed by atoms with Gasteiger partial charge in [0.1, 0.15) is 0 Å². The molecule has 1 saturated heterocycles. The molecule has 8 heteroatoms. The maximum Gasteiger partial charge on any atom is 0.261 e. The van der Waals surface area contributed by atoms with Gasteiger partial charge in [-0.2, -0.15) is 0 Å². The van der Waals surface area contributed by atoms with Crippen LogP contribution in [0, 0.1) is 13.8 Å². The molecule has 2 aromatic carbocycles. The minimum absolute atomic E-state index is 0.00645. The molecule has 7 nitrogen and oxygen atoms in total. The van der Waals surface area contributed by atoms with Crippen LogP contribution in [0.25, 0.3) is 0 Å². The fourth-order valence-electron chi connectivity index (χ4n) is 3.35. The van der Waals surface area contributed by atoms with Crippen LogP contribution in [0.5, 0.6) is 0 Å². The van der Waals surface area contributed by atoms with E-state index in [1.54, 1.807) is 30.0 Å². The molecule has 1 aliphatic rings. The second kappa shape index (κ2) is 9.30. The van der Waals surface area contributed by atoms with E-state index < -0.39 is 15.9 Å². The van der Waals surface area contributed by atoms with Crippen LogP contribution >= 0.6 is 0 Å². The zero-order valence-corrected chi connectivity index (χ0v) is 18.1. The van der Waals surface area contributed by atoms with Crippen molar-refractivity contribution in [1.82, 2.24) is 10.2 Å². The molecule has 160 valence electrons. The SMILES string of the molecule is Cc1ccc(NS(=O)(=O)c2ccc(C)c(C(=O)NCCC(=O)N3CCCC3)c2)cc1. The summed E-state index contributed by atoms with van der Waals surface area (Å²) in [5.41, 5.74) is 2.41. The van der Waals surface area contributed by atoms with E-state index in [1.165, 1.54) is 12.1 Å². The highest BCUT2D eigenvalue weighted by atomic mass is 32.2. The fourth-order valence-corrected chi connectivity index (χ4v) is 4.44. The van der Waals surface area contributed by atoms with E-state index in [9.17, 15) is 18.0 Å². The van der Waals surface area contributed by atoms with Crippen molar-refractivity contribution in [2.24, 2.45) is 0 Å². The third-order valence-electron chi connectivity index (χ3n) is 5.15. The molecule has 2 N–H and O–H groups in total. The number of rotatable bonds is 7. The predicted molar refractivity (Wildman–Crippen MR) is 116 cm³/mol. The number of nitrogens with zero attached hydrogens (tertiary/aromatic N) is 1. The van der Waals surface area contributed by atoms with Gasteiger partial charge >= 0.3 is 0 Å². The number of benzene rings is 2. The lowest BCUT2D eigenvalue weighted by Crippen LogP contribution is -2.33. The molecule has 0 spiro atoms. The van der Waals surface area contributed by atoms with E-state index in [1.807, 2.05) is 19.1 Å². The summed E-state index contributed by atoms with van der Waals surface area (Å²) >= 11 is 0. The Balaban J connectivity index is 1.66. The lowest BCUT2D eigenvalue weighted by molar-refractivity contribution is -0.129. The molecule has 30 heavy (non-hydrogen) atoms. The lowest BCUT2D eigenvalue weighted by atomic mass is 10.1. The molecule has 1 aliphatic heterocycles. The molecule has 0 saturated carbocycles. The number of aryl methyl sites for hydroxylation is 2. The third kappa shape index (κ3) is 5.38. The van der Waals surface area contributed by atoms with E-state index in [2.05, 4.69) is 10.0 Å². The fraction of sp³-hybridized carbons (Fsp3) is 0.364. The molecule has 0 radical (unpaired) electrons. The van der Waals surface area contributed by atoms with E-state index in [4.69, 9.17) is 0 Å². The monoisotopic (exact) mass is 429 g/mol. The van der Waals surface area contributed by atoms with Crippen LogP contribution in [0.1, 0.15) is 40.7 Å². The molecule has 0 aromatic heterocycles. The Morgan fingerprint density at radius 2 is 1.67 bits per heavy atom. The van der Waals surface area contributed by atoms with Crippen molar-refractivity contribution in [3.05, 3.63) is 59.2 Å². The minimum Gasteiger partial charge on any atom is -0.352 e. The molecule has 0 bridgehead atoms. The second-order valence-electron chi connectivity index (χ2n) is 7.54. The van der Waals surface area contributed by atoms with Crippen LogP contribution in [0.4, 0.5) is 5.69 Å². The highest BCUT2D eigenvalue weighted by molar-refractivity contribution is 7.92. The first-order valence-corrected chi connectivity index (χ1v) is 11.5. The summed E-state index contributed by atoms with van der Waals surface area (Å²) in [6.45, 7) is 5.43. The first kappa shape index (κ1) is 21.8. The molecule has 0 aliphatic carbocycles. The highest BCUT2D eigenvalue weighted by Crippen LogP contribution is 2.20. The van der Waals surface area contributed by atoms with Crippen LogP contribution in [0.3, 0.4) is 0 Å². The van der Waals surface area contributed by atoms with Gasteiger partial charge in [-0.15, -0.1) is 0 Å². The summed E-state index contributed by atoms with van der Waals surface area (Å²) in [7, 11) is -3.83. The van der Waals surface area contributed by atoms with E-state index in [-0.39, 0.29) is 29.3 Å². The summed E-state index contributed by atoms with van der Waals surface area (Å²) in [5.74, 6) is -0.364. The van der Waals surface area contributed by atoms with E-state index >= 15 is 0 Å². The zero-order chi connectivity index (χ0) is 21.7. The smallest absolute Gasteiger partial charge is 0.261 e. The van der Waals surface area contributed by atoms with Gasteiger partial charge in [-0.25, -0.2) is 8.42 Å². The lowest BCUT2D eigenvalue weighted by Gasteiger charge is -2.15. The molecule has 1 heterocycles. The summed E-state index contributed by atoms with van der Waals surface area (Å²) in [6, 6.07) is 11.4. The van der Waals surface area contributed by atoms with Crippen molar-refractivity contribution in [3.63, 3.8) is 0 Å². The number of carbonyl (C=O) groups is 2. The molecular weight excluding hydrogens is 402 g/mol. The van der Waals surface area contributed by atoms with Crippen molar-refractivity contribution in [2.45, 2.75) is 38.0 Å². The number of hydrogen-bond donors (Lipinski definition) is 2. The molecule has 0 unspecified atom stereocenters. The number of carbonyl (C=O) groups excluding carboxylic acids is 2. The zero-order valence-electron chi connectivity index (χ0n) is 17.3. The Morgan fingerprint density at radius 3 is 2.33 bits per heavy atom. The highest BCUT2D eigenvalue weighted by Gasteiger charge is 2.20.